The third-order valence-corrected chi connectivity index (χ3v) is 4.38. The van der Waals surface area contributed by atoms with Crippen LogP contribution in [0.3, 0.4) is 0 Å². The van der Waals surface area contributed by atoms with Crippen LogP contribution in [0.5, 0.6) is 0 Å². The third kappa shape index (κ3) is 2.03. The van der Waals surface area contributed by atoms with Gasteiger partial charge < -0.3 is 10.1 Å². The Balaban J connectivity index is 2.08. The molecule has 0 radical (unpaired) electrons. The second-order valence-electron chi connectivity index (χ2n) is 3.95. The Morgan fingerprint density at radius 1 is 1.46 bits per heavy atom. The number of rotatable bonds is 0. The molecule has 2 heterocycles. The van der Waals surface area contributed by atoms with E-state index >= 15 is 0 Å². The monoisotopic (exact) mass is 205 g/mol. The number of morpholine rings is 1. The lowest BCUT2D eigenvalue weighted by Gasteiger charge is -2.38. The molecule has 1 N–H and O–H groups in total. The molecule has 5 heteroatoms. The van der Waals surface area contributed by atoms with Gasteiger partial charge in [-0.05, 0) is 13.3 Å². The van der Waals surface area contributed by atoms with Crippen LogP contribution in [-0.4, -0.2) is 44.7 Å². The van der Waals surface area contributed by atoms with E-state index in [1.807, 2.05) is 6.92 Å². The Hall–Kier alpha value is -0.130. The minimum absolute atomic E-state index is 0.0162. The molecule has 0 amide bonds. The van der Waals surface area contributed by atoms with Crippen LogP contribution in [0, 0.1) is 0 Å². The zero-order valence-electron chi connectivity index (χ0n) is 7.69. The average molecular weight is 205 g/mol. The van der Waals surface area contributed by atoms with Crippen LogP contribution >= 0.6 is 0 Å². The molecule has 0 aromatic carbocycles. The van der Waals surface area contributed by atoms with Crippen molar-refractivity contribution in [2.24, 2.45) is 0 Å². The molecule has 2 aliphatic heterocycles. The summed E-state index contributed by atoms with van der Waals surface area (Å²) in [7, 11) is -2.82. The maximum atomic E-state index is 11.3. The van der Waals surface area contributed by atoms with E-state index in [-0.39, 0.29) is 29.7 Å². The lowest BCUT2D eigenvalue weighted by Crippen LogP contribution is -2.58. The molecule has 2 fully saturated rings. The molecule has 0 aliphatic carbocycles. The van der Waals surface area contributed by atoms with Gasteiger partial charge in [-0.15, -0.1) is 0 Å². The predicted molar refractivity (Wildman–Crippen MR) is 49.4 cm³/mol. The highest BCUT2D eigenvalue weighted by Gasteiger charge is 2.37. The van der Waals surface area contributed by atoms with E-state index < -0.39 is 9.84 Å². The van der Waals surface area contributed by atoms with Crippen molar-refractivity contribution in [1.82, 2.24) is 5.32 Å². The second-order valence-corrected chi connectivity index (χ2v) is 6.18. The van der Waals surface area contributed by atoms with Gasteiger partial charge >= 0.3 is 0 Å². The molecular formula is C8H15NO3S. The molecule has 2 saturated heterocycles. The summed E-state index contributed by atoms with van der Waals surface area (Å²) in [6, 6.07) is 0.289. The van der Waals surface area contributed by atoms with Crippen LogP contribution in [0.15, 0.2) is 0 Å². The summed E-state index contributed by atoms with van der Waals surface area (Å²) in [6.45, 7) is 2.71. The van der Waals surface area contributed by atoms with Crippen molar-refractivity contribution in [2.45, 2.75) is 31.5 Å². The van der Waals surface area contributed by atoms with E-state index in [0.29, 0.717) is 13.0 Å². The summed E-state index contributed by atoms with van der Waals surface area (Å²) in [5.41, 5.74) is 0. The standard InChI is InChI=1S/C8H15NO3S/c1-6-4-12-8-2-3-13(10,11)5-7(8)9-6/h6-9H,2-5H2,1H3. The number of hydrogen-bond donors (Lipinski definition) is 1. The predicted octanol–water partition coefficient (Wildman–Crippen LogP) is -0.450. The first-order chi connectivity index (χ1) is 6.07. The smallest absolute Gasteiger partial charge is 0.152 e. The number of ether oxygens (including phenoxy) is 1. The molecule has 3 atom stereocenters. The topological polar surface area (TPSA) is 55.4 Å². The molecule has 13 heavy (non-hydrogen) atoms. The van der Waals surface area contributed by atoms with Gasteiger partial charge in [-0.3, -0.25) is 0 Å². The van der Waals surface area contributed by atoms with E-state index in [4.69, 9.17) is 4.74 Å². The van der Waals surface area contributed by atoms with Gasteiger partial charge in [0.05, 0.1) is 24.2 Å². The Morgan fingerprint density at radius 3 is 3.00 bits per heavy atom. The number of sulfone groups is 1. The van der Waals surface area contributed by atoms with Gasteiger partial charge in [0.1, 0.15) is 0 Å². The number of hydrogen-bond acceptors (Lipinski definition) is 4. The highest BCUT2D eigenvalue weighted by molar-refractivity contribution is 7.91. The molecule has 76 valence electrons. The molecule has 4 nitrogen and oxygen atoms in total. The summed E-state index contributed by atoms with van der Waals surface area (Å²) >= 11 is 0. The van der Waals surface area contributed by atoms with Crippen molar-refractivity contribution in [3.8, 4) is 0 Å². The van der Waals surface area contributed by atoms with Crippen LogP contribution in [-0.2, 0) is 14.6 Å². The Morgan fingerprint density at radius 2 is 2.23 bits per heavy atom. The molecule has 2 rings (SSSR count). The highest BCUT2D eigenvalue weighted by atomic mass is 32.2. The van der Waals surface area contributed by atoms with Gasteiger partial charge in [0, 0.05) is 12.1 Å². The van der Waals surface area contributed by atoms with Crippen molar-refractivity contribution in [2.75, 3.05) is 18.1 Å². The van der Waals surface area contributed by atoms with Crippen molar-refractivity contribution in [3.05, 3.63) is 0 Å². The fourth-order valence-corrected chi connectivity index (χ4v) is 3.61. The number of fused-ring (bicyclic) bond motifs is 1. The SMILES string of the molecule is CC1COC2CCS(=O)(=O)CC2N1. The van der Waals surface area contributed by atoms with Crippen molar-refractivity contribution >= 4 is 9.84 Å². The van der Waals surface area contributed by atoms with E-state index in [2.05, 4.69) is 5.32 Å². The van der Waals surface area contributed by atoms with Gasteiger partial charge in [-0.2, -0.15) is 0 Å². The van der Waals surface area contributed by atoms with E-state index in [9.17, 15) is 8.42 Å². The van der Waals surface area contributed by atoms with E-state index in [1.54, 1.807) is 0 Å². The molecular weight excluding hydrogens is 190 g/mol. The average Bonchev–Trinajstić information content (AvgIpc) is 2.01. The number of nitrogens with one attached hydrogen (secondary N) is 1. The summed E-state index contributed by atoms with van der Waals surface area (Å²) in [5.74, 6) is 0.520. The molecule has 0 bridgehead atoms. The van der Waals surface area contributed by atoms with Crippen LogP contribution in [0.25, 0.3) is 0 Å². The molecule has 0 saturated carbocycles. The fraction of sp³-hybridized carbons (Fsp3) is 1.00. The van der Waals surface area contributed by atoms with Crippen molar-refractivity contribution in [3.63, 3.8) is 0 Å². The molecule has 3 unspecified atom stereocenters. The van der Waals surface area contributed by atoms with Crippen LogP contribution in [0.2, 0.25) is 0 Å². The minimum atomic E-state index is -2.82. The second kappa shape index (κ2) is 3.22. The summed E-state index contributed by atoms with van der Waals surface area (Å²) in [4.78, 5) is 0. The summed E-state index contributed by atoms with van der Waals surface area (Å²) < 4.78 is 28.2. The van der Waals surface area contributed by atoms with Gasteiger partial charge in [-0.1, -0.05) is 0 Å². The van der Waals surface area contributed by atoms with Crippen LogP contribution in [0.4, 0.5) is 0 Å². The van der Waals surface area contributed by atoms with Gasteiger partial charge in [0.25, 0.3) is 0 Å². The first kappa shape index (κ1) is 9.43. The minimum Gasteiger partial charge on any atom is -0.375 e. The fourth-order valence-electron chi connectivity index (χ4n) is 2.00. The maximum Gasteiger partial charge on any atom is 0.152 e. The Labute approximate surface area is 78.6 Å². The molecule has 2 aliphatic rings. The zero-order valence-corrected chi connectivity index (χ0v) is 8.51. The molecule has 0 spiro atoms. The Bertz CT molecular complexity index is 288. The zero-order chi connectivity index (χ0) is 9.47. The molecule has 0 aromatic rings. The Kier molecular flexibility index (Phi) is 2.33. The maximum absolute atomic E-state index is 11.3. The lowest BCUT2D eigenvalue weighted by atomic mass is 10.1. The quantitative estimate of drug-likeness (QED) is 0.582. The molecule has 0 aromatic heterocycles. The third-order valence-electron chi connectivity index (χ3n) is 2.65. The summed E-state index contributed by atoms with van der Waals surface area (Å²) in [5, 5.41) is 3.27. The highest BCUT2D eigenvalue weighted by Crippen LogP contribution is 2.19. The van der Waals surface area contributed by atoms with Gasteiger partial charge in [0.15, 0.2) is 9.84 Å². The van der Waals surface area contributed by atoms with Gasteiger partial charge in [-0.25, -0.2) is 8.42 Å². The largest absolute Gasteiger partial charge is 0.375 e. The van der Waals surface area contributed by atoms with E-state index in [1.165, 1.54) is 0 Å². The van der Waals surface area contributed by atoms with Crippen molar-refractivity contribution in [1.29, 1.82) is 0 Å². The first-order valence-corrected chi connectivity index (χ1v) is 6.47. The van der Waals surface area contributed by atoms with Crippen LogP contribution < -0.4 is 5.32 Å². The lowest BCUT2D eigenvalue weighted by molar-refractivity contribution is -0.0217. The summed E-state index contributed by atoms with van der Waals surface area (Å²) in [6.07, 6.45) is 0.756. The van der Waals surface area contributed by atoms with Gasteiger partial charge in [0.2, 0.25) is 0 Å². The van der Waals surface area contributed by atoms with Crippen LogP contribution in [0.1, 0.15) is 13.3 Å². The normalized spacial score (nSPS) is 43.9. The van der Waals surface area contributed by atoms with Crippen molar-refractivity contribution < 1.29 is 13.2 Å². The first-order valence-electron chi connectivity index (χ1n) is 4.65. The van der Waals surface area contributed by atoms with E-state index in [0.717, 1.165) is 0 Å².